The number of aliphatic carboxylic acids is 1. The first-order valence-corrected chi connectivity index (χ1v) is 6.54. The van der Waals surface area contributed by atoms with E-state index in [-0.39, 0.29) is 24.8 Å². The molecule has 7 nitrogen and oxygen atoms in total. The van der Waals surface area contributed by atoms with Crippen LogP contribution in [-0.2, 0) is 14.4 Å². The molecule has 1 aromatic heterocycles. The Hall–Kier alpha value is -2.44. The van der Waals surface area contributed by atoms with Gasteiger partial charge < -0.3 is 14.9 Å². The van der Waals surface area contributed by atoms with Crippen LogP contribution < -0.4 is 0 Å². The molecular weight excluding hydrogens is 274 g/mol. The summed E-state index contributed by atoms with van der Waals surface area (Å²) in [7, 11) is 3.07. The Morgan fingerprint density at radius 1 is 1.52 bits per heavy atom. The number of rotatable bonds is 4. The zero-order chi connectivity index (χ0) is 15.6. The molecule has 1 aromatic rings. The minimum Gasteiger partial charge on any atom is -0.480 e. The van der Waals surface area contributed by atoms with Crippen LogP contribution in [0.3, 0.4) is 0 Å². The quantitative estimate of drug-likeness (QED) is 0.852. The minimum atomic E-state index is -1.08. The third kappa shape index (κ3) is 3.01. The van der Waals surface area contributed by atoms with Gasteiger partial charge in [-0.2, -0.15) is 0 Å². The molecule has 1 aliphatic rings. The highest BCUT2D eigenvalue weighted by atomic mass is 16.4. The van der Waals surface area contributed by atoms with Crippen molar-refractivity contribution >= 4 is 17.8 Å². The summed E-state index contributed by atoms with van der Waals surface area (Å²) in [5.41, 5.74) is 0.771. The number of carboxylic acid groups (broad SMARTS) is 1. The van der Waals surface area contributed by atoms with Crippen molar-refractivity contribution in [3.05, 3.63) is 30.1 Å². The summed E-state index contributed by atoms with van der Waals surface area (Å²) < 4.78 is 0. The lowest BCUT2D eigenvalue weighted by Crippen LogP contribution is -2.38. The van der Waals surface area contributed by atoms with Crippen LogP contribution >= 0.6 is 0 Å². The van der Waals surface area contributed by atoms with Crippen LogP contribution in [0.25, 0.3) is 0 Å². The van der Waals surface area contributed by atoms with Crippen LogP contribution in [-0.4, -0.2) is 58.3 Å². The molecule has 21 heavy (non-hydrogen) atoms. The molecule has 0 saturated carbocycles. The molecule has 7 heteroatoms. The van der Waals surface area contributed by atoms with E-state index >= 15 is 0 Å². The first-order valence-electron chi connectivity index (χ1n) is 6.54. The zero-order valence-electron chi connectivity index (χ0n) is 11.9. The maximum absolute atomic E-state index is 12.4. The van der Waals surface area contributed by atoms with Crippen LogP contribution in [0.5, 0.6) is 0 Å². The van der Waals surface area contributed by atoms with Crippen LogP contribution in [0.15, 0.2) is 24.5 Å². The summed E-state index contributed by atoms with van der Waals surface area (Å²) >= 11 is 0. The second kappa shape index (κ2) is 5.90. The summed E-state index contributed by atoms with van der Waals surface area (Å²) in [6.45, 7) is -0.382. The Labute approximate surface area is 122 Å². The second-order valence-electron chi connectivity index (χ2n) is 5.13. The SMILES string of the molecule is CN(CC(=O)O)C(=O)C1CC(=O)N(C)C1c1cccnc1. The summed E-state index contributed by atoms with van der Waals surface area (Å²) in [6, 6.07) is 3.15. The van der Waals surface area contributed by atoms with Crippen LogP contribution in [0, 0.1) is 5.92 Å². The summed E-state index contributed by atoms with van der Waals surface area (Å²) in [6.07, 6.45) is 3.32. The molecule has 1 aliphatic heterocycles. The molecule has 0 aromatic carbocycles. The van der Waals surface area contributed by atoms with E-state index < -0.39 is 17.9 Å². The van der Waals surface area contributed by atoms with Gasteiger partial charge in [0.15, 0.2) is 0 Å². The largest absolute Gasteiger partial charge is 0.480 e. The predicted octanol–water partition coefficient (Wildman–Crippen LogP) is 0.144. The Kier molecular flexibility index (Phi) is 4.21. The number of likely N-dealkylation sites (tertiary alicyclic amines) is 1. The Morgan fingerprint density at radius 3 is 2.81 bits per heavy atom. The van der Waals surface area contributed by atoms with Crippen molar-refractivity contribution in [1.82, 2.24) is 14.8 Å². The number of pyridine rings is 1. The Bertz CT molecular complexity index is 561. The summed E-state index contributed by atoms with van der Waals surface area (Å²) in [5, 5.41) is 8.78. The number of likely N-dealkylation sites (N-methyl/N-ethyl adjacent to an activating group) is 1. The maximum Gasteiger partial charge on any atom is 0.323 e. The molecular formula is C14H17N3O4. The predicted molar refractivity (Wildman–Crippen MR) is 73.1 cm³/mol. The summed E-state index contributed by atoms with van der Waals surface area (Å²) in [4.78, 5) is 41.8. The Balaban J connectivity index is 2.26. The zero-order valence-corrected chi connectivity index (χ0v) is 11.9. The first kappa shape index (κ1) is 15.0. The van der Waals surface area contributed by atoms with Crippen molar-refractivity contribution in [2.45, 2.75) is 12.5 Å². The van der Waals surface area contributed by atoms with Gasteiger partial charge in [-0.15, -0.1) is 0 Å². The van der Waals surface area contributed by atoms with Gasteiger partial charge in [-0.1, -0.05) is 6.07 Å². The fraction of sp³-hybridized carbons (Fsp3) is 0.429. The molecule has 1 N–H and O–H groups in total. The van der Waals surface area contributed by atoms with Crippen molar-refractivity contribution in [1.29, 1.82) is 0 Å². The highest BCUT2D eigenvalue weighted by Gasteiger charge is 2.43. The van der Waals surface area contributed by atoms with Crippen molar-refractivity contribution < 1.29 is 19.5 Å². The molecule has 2 heterocycles. The average Bonchev–Trinajstić information content (AvgIpc) is 2.74. The van der Waals surface area contributed by atoms with Crippen LogP contribution in [0.2, 0.25) is 0 Å². The number of carbonyl (C=O) groups is 3. The number of nitrogens with zero attached hydrogens (tertiary/aromatic N) is 3. The molecule has 1 fully saturated rings. The summed E-state index contributed by atoms with van der Waals surface area (Å²) in [5.74, 6) is -2.15. The second-order valence-corrected chi connectivity index (χ2v) is 5.13. The molecule has 112 valence electrons. The number of amides is 2. The maximum atomic E-state index is 12.4. The van der Waals surface area contributed by atoms with Gasteiger partial charge in [0.05, 0.1) is 12.0 Å². The number of carbonyl (C=O) groups excluding carboxylic acids is 2. The number of hydrogen-bond donors (Lipinski definition) is 1. The van der Waals surface area contributed by atoms with Crippen molar-refractivity contribution in [2.75, 3.05) is 20.6 Å². The van der Waals surface area contributed by atoms with E-state index in [1.165, 1.54) is 11.9 Å². The lowest BCUT2D eigenvalue weighted by atomic mass is 9.93. The van der Waals surface area contributed by atoms with Crippen molar-refractivity contribution in [2.24, 2.45) is 5.92 Å². The lowest BCUT2D eigenvalue weighted by molar-refractivity contribution is -0.145. The van der Waals surface area contributed by atoms with Crippen LogP contribution in [0.1, 0.15) is 18.0 Å². The third-order valence-corrected chi connectivity index (χ3v) is 3.68. The standard InChI is InChI=1S/C14H17N3O4/c1-16(8-12(19)20)14(21)10-6-11(18)17(2)13(10)9-4-3-5-15-7-9/h3-5,7,10,13H,6,8H2,1-2H3,(H,19,20). The van der Waals surface area contributed by atoms with E-state index in [2.05, 4.69) is 4.98 Å². The van der Waals surface area contributed by atoms with Gasteiger partial charge in [0, 0.05) is 32.9 Å². The van der Waals surface area contributed by atoms with Crippen LogP contribution in [0.4, 0.5) is 0 Å². The minimum absolute atomic E-state index is 0.0822. The normalized spacial score (nSPS) is 21.4. The average molecular weight is 291 g/mol. The van der Waals surface area contributed by atoms with Gasteiger partial charge in [0.1, 0.15) is 6.54 Å². The fourth-order valence-electron chi connectivity index (χ4n) is 2.66. The molecule has 2 rings (SSSR count). The van der Waals surface area contributed by atoms with Gasteiger partial charge in [-0.3, -0.25) is 19.4 Å². The van der Waals surface area contributed by atoms with Gasteiger partial charge in [0.25, 0.3) is 0 Å². The first-order chi connectivity index (χ1) is 9.91. The lowest BCUT2D eigenvalue weighted by Gasteiger charge is -2.27. The smallest absolute Gasteiger partial charge is 0.323 e. The van der Waals surface area contributed by atoms with Crippen molar-refractivity contribution in [3.8, 4) is 0 Å². The molecule has 0 radical (unpaired) electrons. The van der Waals surface area contributed by atoms with E-state index in [1.54, 1.807) is 25.5 Å². The molecule has 2 unspecified atom stereocenters. The molecule has 1 saturated heterocycles. The molecule has 0 bridgehead atoms. The number of carboxylic acids is 1. The van der Waals surface area contributed by atoms with E-state index in [4.69, 9.17) is 5.11 Å². The van der Waals surface area contributed by atoms with E-state index in [0.29, 0.717) is 0 Å². The van der Waals surface area contributed by atoms with Gasteiger partial charge in [0.2, 0.25) is 11.8 Å². The van der Waals surface area contributed by atoms with E-state index in [9.17, 15) is 14.4 Å². The number of aromatic nitrogens is 1. The highest BCUT2D eigenvalue weighted by Crippen LogP contribution is 2.37. The van der Waals surface area contributed by atoms with E-state index in [1.807, 2.05) is 6.07 Å². The van der Waals surface area contributed by atoms with E-state index in [0.717, 1.165) is 10.5 Å². The monoisotopic (exact) mass is 291 g/mol. The molecule has 2 atom stereocenters. The fourth-order valence-corrected chi connectivity index (χ4v) is 2.66. The highest BCUT2D eigenvalue weighted by molar-refractivity contribution is 5.91. The van der Waals surface area contributed by atoms with Gasteiger partial charge in [-0.25, -0.2) is 0 Å². The van der Waals surface area contributed by atoms with Crippen molar-refractivity contribution in [3.63, 3.8) is 0 Å². The Morgan fingerprint density at radius 2 is 2.24 bits per heavy atom. The van der Waals surface area contributed by atoms with Gasteiger partial charge >= 0.3 is 5.97 Å². The molecule has 0 spiro atoms. The number of hydrogen-bond acceptors (Lipinski definition) is 4. The molecule has 0 aliphatic carbocycles. The third-order valence-electron chi connectivity index (χ3n) is 3.68. The molecule has 2 amide bonds. The van der Waals surface area contributed by atoms with Gasteiger partial charge in [-0.05, 0) is 11.6 Å². The topological polar surface area (TPSA) is 90.8 Å².